The zero-order chi connectivity index (χ0) is 16.7. The molecule has 1 aliphatic rings. The van der Waals surface area contributed by atoms with Gasteiger partial charge in [0.15, 0.2) is 17.3 Å². The molecule has 2 aromatic rings. The van der Waals surface area contributed by atoms with Crippen molar-refractivity contribution in [3.63, 3.8) is 0 Å². The van der Waals surface area contributed by atoms with Gasteiger partial charge in [-0.1, -0.05) is 38.1 Å². The van der Waals surface area contributed by atoms with Gasteiger partial charge in [-0.15, -0.1) is 11.8 Å². The Morgan fingerprint density at radius 2 is 1.65 bits per heavy atom. The van der Waals surface area contributed by atoms with Crippen LogP contribution in [0, 0.1) is 0 Å². The molecular formula is C19H22O3S. The highest BCUT2D eigenvalue weighted by atomic mass is 32.2. The topological polar surface area (TPSA) is 35.5 Å². The molecule has 0 aliphatic carbocycles. The van der Waals surface area contributed by atoms with Crippen molar-refractivity contribution in [1.29, 1.82) is 0 Å². The third-order valence-corrected chi connectivity index (χ3v) is 4.34. The Labute approximate surface area is 142 Å². The van der Waals surface area contributed by atoms with E-state index in [1.54, 1.807) is 18.7 Å². The van der Waals surface area contributed by atoms with Gasteiger partial charge < -0.3 is 9.47 Å². The lowest BCUT2D eigenvalue weighted by Crippen LogP contribution is -2.15. The van der Waals surface area contributed by atoms with E-state index in [0.29, 0.717) is 13.2 Å². The number of carbonyl (C=O) groups excluding carboxylic acids is 1. The van der Waals surface area contributed by atoms with Crippen molar-refractivity contribution >= 4 is 17.5 Å². The van der Waals surface area contributed by atoms with Crippen LogP contribution in [0.4, 0.5) is 0 Å². The molecule has 122 valence electrons. The fourth-order valence-electron chi connectivity index (χ4n) is 2.12. The van der Waals surface area contributed by atoms with Crippen molar-refractivity contribution in [1.82, 2.24) is 0 Å². The highest BCUT2D eigenvalue weighted by molar-refractivity contribution is 7.98. The molecule has 1 aliphatic heterocycles. The minimum atomic E-state index is 0.0982. The highest BCUT2D eigenvalue weighted by Crippen LogP contribution is 2.35. The molecule has 0 N–H and O–H groups in total. The second-order valence-electron chi connectivity index (χ2n) is 4.85. The van der Waals surface area contributed by atoms with E-state index in [1.807, 2.05) is 56.3 Å². The molecule has 3 rings (SSSR count). The number of ketones is 1. The predicted octanol–water partition coefficient (Wildman–Crippen LogP) is 4.98. The normalized spacial score (nSPS) is 12.1. The third-order valence-electron chi connectivity index (χ3n) is 3.28. The smallest absolute Gasteiger partial charge is 0.162 e. The van der Waals surface area contributed by atoms with E-state index in [9.17, 15) is 4.79 Å². The number of carbonyl (C=O) groups is 1. The van der Waals surface area contributed by atoms with Gasteiger partial charge in [-0.2, -0.15) is 0 Å². The van der Waals surface area contributed by atoms with Crippen molar-refractivity contribution in [3.05, 3.63) is 53.6 Å². The molecule has 3 nitrogen and oxygen atoms in total. The summed E-state index contributed by atoms with van der Waals surface area (Å²) in [5.74, 6) is 2.59. The van der Waals surface area contributed by atoms with Crippen LogP contribution in [0.15, 0.2) is 47.4 Å². The maximum atomic E-state index is 11.2. The van der Waals surface area contributed by atoms with Crippen molar-refractivity contribution in [3.8, 4) is 11.5 Å². The van der Waals surface area contributed by atoms with E-state index < -0.39 is 0 Å². The molecule has 0 bridgehead atoms. The number of thioether (sulfide) groups is 1. The quantitative estimate of drug-likeness (QED) is 0.585. The van der Waals surface area contributed by atoms with Gasteiger partial charge in [-0.25, -0.2) is 0 Å². The predicted molar refractivity (Wildman–Crippen MR) is 94.8 cm³/mol. The number of Topliss-reactive ketones (excluding diaryl/α,β-unsaturated/α-hetero) is 1. The second-order valence-corrected chi connectivity index (χ2v) is 5.90. The first-order valence-electron chi connectivity index (χ1n) is 7.85. The van der Waals surface area contributed by atoms with Crippen LogP contribution < -0.4 is 9.47 Å². The average Bonchev–Trinajstić information content (AvgIpc) is 2.62. The van der Waals surface area contributed by atoms with Gasteiger partial charge in [0.1, 0.15) is 13.2 Å². The first-order valence-corrected chi connectivity index (χ1v) is 8.83. The lowest BCUT2D eigenvalue weighted by molar-refractivity contribution is 0.101. The number of ether oxygens (including phenoxy) is 2. The van der Waals surface area contributed by atoms with Crippen LogP contribution >= 0.6 is 11.8 Å². The third kappa shape index (κ3) is 4.76. The van der Waals surface area contributed by atoms with Crippen LogP contribution in [0.2, 0.25) is 0 Å². The molecule has 2 aromatic carbocycles. The number of fused-ring (bicyclic) bond motifs is 1. The van der Waals surface area contributed by atoms with Crippen molar-refractivity contribution in [2.45, 2.75) is 31.4 Å². The Kier molecular flexibility index (Phi) is 6.53. The summed E-state index contributed by atoms with van der Waals surface area (Å²) in [4.78, 5) is 12.4. The van der Waals surface area contributed by atoms with E-state index >= 15 is 0 Å². The molecule has 23 heavy (non-hydrogen) atoms. The molecule has 4 heteroatoms. The zero-order valence-electron chi connectivity index (χ0n) is 13.8. The maximum Gasteiger partial charge on any atom is 0.162 e. The van der Waals surface area contributed by atoms with Crippen molar-refractivity contribution < 1.29 is 14.3 Å². The summed E-state index contributed by atoms with van der Waals surface area (Å²) in [7, 11) is 0. The molecule has 0 spiro atoms. The van der Waals surface area contributed by atoms with Crippen LogP contribution in [-0.4, -0.2) is 19.0 Å². The fourth-order valence-corrected chi connectivity index (χ4v) is 3.00. The molecule has 0 fully saturated rings. The van der Waals surface area contributed by atoms with Gasteiger partial charge >= 0.3 is 0 Å². The summed E-state index contributed by atoms with van der Waals surface area (Å²) in [5, 5.41) is 0. The van der Waals surface area contributed by atoms with Gasteiger partial charge in [0.25, 0.3) is 0 Å². The van der Waals surface area contributed by atoms with Crippen LogP contribution in [0.25, 0.3) is 0 Å². The molecule has 0 unspecified atom stereocenters. The van der Waals surface area contributed by atoms with Crippen molar-refractivity contribution in [2.24, 2.45) is 0 Å². The van der Waals surface area contributed by atoms with Crippen LogP contribution in [-0.2, 0) is 5.75 Å². The van der Waals surface area contributed by atoms with E-state index in [0.717, 1.165) is 27.7 Å². The molecule has 1 heterocycles. The Morgan fingerprint density at radius 3 is 2.30 bits per heavy atom. The first-order chi connectivity index (χ1) is 11.2. The van der Waals surface area contributed by atoms with Crippen LogP contribution in [0.3, 0.4) is 0 Å². The average molecular weight is 330 g/mol. The van der Waals surface area contributed by atoms with Crippen LogP contribution in [0.1, 0.15) is 36.7 Å². The molecule has 0 amide bonds. The van der Waals surface area contributed by atoms with E-state index in [-0.39, 0.29) is 5.78 Å². The van der Waals surface area contributed by atoms with E-state index in [2.05, 4.69) is 0 Å². The van der Waals surface area contributed by atoms with Gasteiger partial charge in [0.2, 0.25) is 0 Å². The number of hydrogen-bond acceptors (Lipinski definition) is 4. The fraction of sp³-hybridized carbons (Fsp3) is 0.316. The van der Waals surface area contributed by atoms with Gasteiger partial charge in [0.05, 0.1) is 0 Å². The first kappa shape index (κ1) is 17.4. The summed E-state index contributed by atoms with van der Waals surface area (Å²) >= 11 is 1.74. The summed E-state index contributed by atoms with van der Waals surface area (Å²) in [6, 6.07) is 13.8. The Hall–Kier alpha value is -1.94. The Bertz CT molecular complexity index is 650. The molecule has 0 atom stereocenters. The SMILES string of the molecule is CC.CC(=O)c1ccc(CSc2ccc3c(c2)OCCO3)cc1. The monoisotopic (exact) mass is 330 g/mol. The number of hydrogen-bond donors (Lipinski definition) is 0. The van der Waals surface area contributed by atoms with Gasteiger partial charge in [-0.05, 0) is 30.7 Å². The van der Waals surface area contributed by atoms with E-state index in [1.165, 1.54) is 5.56 Å². The summed E-state index contributed by atoms with van der Waals surface area (Å²) in [6.07, 6.45) is 0. The minimum Gasteiger partial charge on any atom is -0.486 e. The molecule has 0 radical (unpaired) electrons. The number of rotatable bonds is 4. The molecule has 0 saturated heterocycles. The van der Waals surface area contributed by atoms with Crippen LogP contribution in [0.5, 0.6) is 11.5 Å². The Balaban J connectivity index is 0.000000924. The second kappa shape index (κ2) is 8.63. The van der Waals surface area contributed by atoms with Gasteiger partial charge in [0, 0.05) is 16.2 Å². The summed E-state index contributed by atoms with van der Waals surface area (Å²) in [5.41, 5.74) is 1.95. The lowest BCUT2D eigenvalue weighted by atomic mass is 10.1. The molecule has 0 aromatic heterocycles. The van der Waals surface area contributed by atoms with Gasteiger partial charge in [-0.3, -0.25) is 4.79 Å². The zero-order valence-corrected chi connectivity index (χ0v) is 14.6. The summed E-state index contributed by atoms with van der Waals surface area (Å²) < 4.78 is 11.1. The maximum absolute atomic E-state index is 11.2. The largest absolute Gasteiger partial charge is 0.486 e. The molecular weight excluding hydrogens is 308 g/mol. The standard InChI is InChI=1S/C17H16O3S.C2H6/c1-12(18)14-4-2-13(3-5-14)11-21-15-6-7-16-17(10-15)20-9-8-19-16;1-2/h2-7,10H,8-9,11H2,1H3;1-2H3. The summed E-state index contributed by atoms with van der Waals surface area (Å²) in [6.45, 7) is 6.80. The van der Waals surface area contributed by atoms with E-state index in [4.69, 9.17) is 9.47 Å². The minimum absolute atomic E-state index is 0.0982. The van der Waals surface area contributed by atoms with Crippen molar-refractivity contribution in [2.75, 3.05) is 13.2 Å². The molecule has 0 saturated carbocycles. The Morgan fingerprint density at radius 1 is 1.00 bits per heavy atom. The number of benzene rings is 2. The highest BCUT2D eigenvalue weighted by Gasteiger charge is 2.11. The lowest BCUT2D eigenvalue weighted by Gasteiger charge is -2.18.